The van der Waals surface area contributed by atoms with Crippen molar-refractivity contribution in [3.8, 4) is 5.69 Å². The fourth-order valence-corrected chi connectivity index (χ4v) is 2.27. The molecule has 1 aromatic heterocycles. The van der Waals surface area contributed by atoms with Crippen molar-refractivity contribution in [1.29, 1.82) is 0 Å². The molecule has 0 atom stereocenters. The summed E-state index contributed by atoms with van der Waals surface area (Å²) in [5.74, 6) is 0.289. The number of halogens is 2. The number of fused-ring (bicyclic) bond motifs is 1. The van der Waals surface area contributed by atoms with Gasteiger partial charge >= 0.3 is 0 Å². The van der Waals surface area contributed by atoms with E-state index in [1.54, 1.807) is 12.1 Å². The van der Waals surface area contributed by atoms with E-state index in [0.29, 0.717) is 5.88 Å². The van der Waals surface area contributed by atoms with E-state index in [1.165, 1.54) is 12.1 Å². The lowest BCUT2D eigenvalue weighted by atomic mass is 10.2. The normalized spacial score (nSPS) is 11.0. The van der Waals surface area contributed by atoms with Gasteiger partial charge in [-0.15, -0.1) is 11.6 Å². The van der Waals surface area contributed by atoms with Crippen LogP contribution in [-0.2, 0) is 5.88 Å². The van der Waals surface area contributed by atoms with Gasteiger partial charge in [-0.25, -0.2) is 4.39 Å². The van der Waals surface area contributed by atoms with Crippen molar-refractivity contribution in [3.63, 3.8) is 0 Å². The summed E-state index contributed by atoms with van der Waals surface area (Å²) < 4.78 is 15.0. The minimum absolute atomic E-state index is 0.223. The Hall–Kier alpha value is -1.80. The molecule has 0 radical (unpaired) electrons. The third-order valence-corrected chi connectivity index (χ3v) is 3.32. The average Bonchev–Trinajstić information content (AvgIpc) is 2.82. The van der Waals surface area contributed by atoms with Crippen molar-refractivity contribution >= 4 is 22.5 Å². The second kappa shape index (κ2) is 4.46. The van der Waals surface area contributed by atoms with Gasteiger partial charge in [0.2, 0.25) is 0 Å². The first-order valence-corrected chi connectivity index (χ1v) is 6.23. The maximum Gasteiger partial charge on any atom is 0.123 e. The van der Waals surface area contributed by atoms with Crippen LogP contribution in [0.3, 0.4) is 0 Å². The van der Waals surface area contributed by atoms with Crippen LogP contribution in [0.2, 0.25) is 0 Å². The van der Waals surface area contributed by atoms with Crippen LogP contribution >= 0.6 is 11.6 Å². The molecular weight excluding hydrogens is 249 g/mol. The third kappa shape index (κ3) is 1.89. The summed E-state index contributed by atoms with van der Waals surface area (Å²) in [7, 11) is 0. The van der Waals surface area contributed by atoms with Gasteiger partial charge in [0, 0.05) is 23.2 Å². The van der Waals surface area contributed by atoms with Crippen molar-refractivity contribution < 1.29 is 4.39 Å². The number of rotatable bonds is 2. The van der Waals surface area contributed by atoms with Crippen LogP contribution in [0.15, 0.2) is 54.7 Å². The molecule has 0 aliphatic rings. The quantitative estimate of drug-likeness (QED) is 0.597. The van der Waals surface area contributed by atoms with Crippen LogP contribution in [0, 0.1) is 5.82 Å². The molecule has 1 nitrogen and oxygen atoms in total. The monoisotopic (exact) mass is 259 g/mol. The molecule has 3 heteroatoms. The van der Waals surface area contributed by atoms with E-state index in [4.69, 9.17) is 11.6 Å². The summed E-state index contributed by atoms with van der Waals surface area (Å²) in [4.78, 5) is 0. The zero-order valence-electron chi connectivity index (χ0n) is 9.61. The van der Waals surface area contributed by atoms with Gasteiger partial charge in [-0.1, -0.05) is 6.07 Å². The zero-order valence-corrected chi connectivity index (χ0v) is 10.4. The highest BCUT2D eigenvalue weighted by Crippen LogP contribution is 2.22. The second-order valence-corrected chi connectivity index (χ2v) is 4.46. The Morgan fingerprint density at radius 2 is 1.78 bits per heavy atom. The number of hydrogen-bond acceptors (Lipinski definition) is 0. The fraction of sp³-hybridized carbons (Fsp3) is 0.0667. The van der Waals surface area contributed by atoms with Crippen molar-refractivity contribution in [2.45, 2.75) is 5.88 Å². The van der Waals surface area contributed by atoms with Gasteiger partial charge in [0.25, 0.3) is 0 Å². The van der Waals surface area contributed by atoms with Gasteiger partial charge in [0.1, 0.15) is 5.82 Å². The molecule has 90 valence electrons. The first-order chi connectivity index (χ1) is 8.78. The molecule has 0 unspecified atom stereocenters. The number of nitrogens with zero attached hydrogens (tertiary/aromatic N) is 1. The molecule has 0 amide bonds. The van der Waals surface area contributed by atoms with Gasteiger partial charge in [0.15, 0.2) is 0 Å². The highest BCUT2D eigenvalue weighted by Gasteiger charge is 2.04. The average molecular weight is 260 g/mol. The smallest absolute Gasteiger partial charge is 0.123 e. The van der Waals surface area contributed by atoms with Gasteiger partial charge in [-0.2, -0.15) is 0 Å². The number of alkyl halides is 1. The molecule has 1 heterocycles. The van der Waals surface area contributed by atoms with Crippen molar-refractivity contribution in [3.05, 3.63) is 66.1 Å². The summed E-state index contributed by atoms with van der Waals surface area (Å²) in [5.41, 5.74) is 3.14. The summed E-state index contributed by atoms with van der Waals surface area (Å²) in [5, 5.41) is 1.14. The van der Waals surface area contributed by atoms with Crippen LogP contribution < -0.4 is 0 Å². The van der Waals surface area contributed by atoms with E-state index in [0.717, 1.165) is 22.2 Å². The van der Waals surface area contributed by atoms with Crippen LogP contribution in [-0.4, -0.2) is 4.57 Å². The van der Waals surface area contributed by atoms with Crippen molar-refractivity contribution in [1.82, 2.24) is 4.57 Å². The van der Waals surface area contributed by atoms with Crippen LogP contribution in [0.1, 0.15) is 5.56 Å². The molecule has 0 aliphatic heterocycles. The first kappa shape index (κ1) is 11.3. The van der Waals surface area contributed by atoms with Crippen LogP contribution in [0.5, 0.6) is 0 Å². The molecule has 0 bridgehead atoms. The molecule has 0 fully saturated rings. The maximum atomic E-state index is 12.9. The van der Waals surface area contributed by atoms with E-state index in [9.17, 15) is 4.39 Å². The van der Waals surface area contributed by atoms with Gasteiger partial charge in [-0.05, 0) is 48.0 Å². The summed E-state index contributed by atoms with van der Waals surface area (Å²) >= 11 is 5.82. The van der Waals surface area contributed by atoms with Crippen molar-refractivity contribution in [2.24, 2.45) is 0 Å². The Kier molecular flexibility index (Phi) is 2.80. The number of hydrogen-bond donors (Lipinski definition) is 0. The Bertz CT molecular complexity index is 685. The van der Waals surface area contributed by atoms with Gasteiger partial charge < -0.3 is 4.57 Å². The molecule has 0 saturated carbocycles. The zero-order chi connectivity index (χ0) is 12.5. The molecule has 18 heavy (non-hydrogen) atoms. The molecule has 2 aromatic carbocycles. The Morgan fingerprint density at radius 1 is 1.00 bits per heavy atom. The first-order valence-electron chi connectivity index (χ1n) is 5.70. The topological polar surface area (TPSA) is 4.93 Å². The standard InChI is InChI=1S/C15H11ClFN/c16-10-11-1-6-15-12(9-11)7-8-18(15)14-4-2-13(17)3-5-14/h1-9H,10H2. The van der Waals surface area contributed by atoms with Gasteiger partial charge in [0.05, 0.1) is 5.52 Å². The predicted octanol–water partition coefficient (Wildman–Crippen LogP) is 4.51. The number of benzene rings is 2. The summed E-state index contributed by atoms with van der Waals surface area (Å²) in [6.45, 7) is 0. The lowest BCUT2D eigenvalue weighted by Crippen LogP contribution is -1.91. The van der Waals surface area contributed by atoms with E-state index >= 15 is 0 Å². The van der Waals surface area contributed by atoms with Gasteiger partial charge in [-0.3, -0.25) is 0 Å². The van der Waals surface area contributed by atoms with E-state index in [-0.39, 0.29) is 5.82 Å². The molecular formula is C15H11ClFN. The molecule has 0 spiro atoms. The molecule has 3 aromatic rings. The summed E-state index contributed by atoms with van der Waals surface area (Å²) in [6.07, 6.45) is 1.98. The minimum atomic E-state index is -0.223. The lowest BCUT2D eigenvalue weighted by Gasteiger charge is -2.05. The third-order valence-electron chi connectivity index (χ3n) is 3.01. The highest BCUT2D eigenvalue weighted by molar-refractivity contribution is 6.17. The Balaban J connectivity index is 2.15. The fourth-order valence-electron chi connectivity index (χ4n) is 2.10. The minimum Gasteiger partial charge on any atom is -0.317 e. The molecule has 3 rings (SSSR count). The van der Waals surface area contributed by atoms with Crippen LogP contribution in [0.25, 0.3) is 16.6 Å². The number of aromatic nitrogens is 1. The van der Waals surface area contributed by atoms with E-state index in [2.05, 4.69) is 6.07 Å². The molecule has 0 saturated heterocycles. The maximum absolute atomic E-state index is 12.9. The van der Waals surface area contributed by atoms with Crippen molar-refractivity contribution in [2.75, 3.05) is 0 Å². The van der Waals surface area contributed by atoms with E-state index in [1.807, 2.05) is 29.0 Å². The van der Waals surface area contributed by atoms with E-state index < -0.39 is 0 Å². The van der Waals surface area contributed by atoms with Crippen LogP contribution in [0.4, 0.5) is 4.39 Å². The molecule has 0 N–H and O–H groups in total. The lowest BCUT2D eigenvalue weighted by molar-refractivity contribution is 0.627. The highest BCUT2D eigenvalue weighted by atomic mass is 35.5. The SMILES string of the molecule is Fc1ccc(-n2ccc3cc(CCl)ccc32)cc1. The largest absolute Gasteiger partial charge is 0.317 e. The summed E-state index contributed by atoms with van der Waals surface area (Å²) in [6, 6.07) is 14.6. The Labute approximate surface area is 109 Å². The molecule has 0 aliphatic carbocycles. The predicted molar refractivity (Wildman–Crippen MR) is 72.8 cm³/mol. The second-order valence-electron chi connectivity index (χ2n) is 4.19. The Morgan fingerprint density at radius 3 is 2.50 bits per heavy atom.